The van der Waals surface area contributed by atoms with E-state index in [-0.39, 0.29) is 0 Å². The lowest BCUT2D eigenvalue weighted by molar-refractivity contribution is 0.872. The molecule has 0 aliphatic heterocycles. The average molecular weight is 197 g/mol. The Balaban J connectivity index is 2.33. The second-order valence-corrected chi connectivity index (χ2v) is 3.28. The van der Waals surface area contributed by atoms with E-state index in [9.17, 15) is 0 Å². The molecule has 0 unspecified atom stereocenters. The Bertz CT molecular complexity index is 488. The summed E-state index contributed by atoms with van der Waals surface area (Å²) in [5, 5.41) is 12.8. The van der Waals surface area contributed by atoms with Gasteiger partial charge in [0.2, 0.25) is 0 Å². The van der Waals surface area contributed by atoms with Gasteiger partial charge in [-0.1, -0.05) is 19.1 Å². The zero-order valence-electron chi connectivity index (χ0n) is 8.51. The van der Waals surface area contributed by atoms with Crippen molar-refractivity contribution in [3.05, 3.63) is 47.8 Å². The van der Waals surface area contributed by atoms with E-state index in [0.717, 1.165) is 12.1 Å². The van der Waals surface area contributed by atoms with Crippen molar-refractivity contribution in [3.63, 3.8) is 0 Å². The minimum absolute atomic E-state index is 0.439. The topological polar surface area (TPSA) is 41.6 Å². The van der Waals surface area contributed by atoms with Crippen molar-refractivity contribution in [3.8, 4) is 11.8 Å². The quantitative estimate of drug-likeness (QED) is 0.741. The van der Waals surface area contributed by atoms with E-state index < -0.39 is 0 Å². The van der Waals surface area contributed by atoms with Crippen LogP contribution in [0.25, 0.3) is 5.69 Å². The van der Waals surface area contributed by atoms with Gasteiger partial charge in [0.05, 0.1) is 5.69 Å². The van der Waals surface area contributed by atoms with Crippen molar-refractivity contribution in [1.82, 2.24) is 9.78 Å². The van der Waals surface area contributed by atoms with E-state index in [4.69, 9.17) is 5.26 Å². The molecule has 0 bridgehead atoms. The minimum atomic E-state index is 0.439. The maximum Gasteiger partial charge on any atom is 0.162 e. The zero-order valence-corrected chi connectivity index (χ0v) is 8.51. The third-order valence-electron chi connectivity index (χ3n) is 2.31. The molecule has 0 saturated carbocycles. The molecule has 15 heavy (non-hydrogen) atoms. The van der Waals surface area contributed by atoms with Crippen LogP contribution in [-0.2, 0) is 6.42 Å². The summed E-state index contributed by atoms with van der Waals surface area (Å²) in [4.78, 5) is 0. The fraction of sp³-hybridized carbons (Fsp3) is 0.167. The Morgan fingerprint density at radius 2 is 2.00 bits per heavy atom. The Morgan fingerprint density at radius 1 is 1.27 bits per heavy atom. The maximum atomic E-state index is 8.65. The maximum absolute atomic E-state index is 8.65. The van der Waals surface area contributed by atoms with Gasteiger partial charge in [-0.3, -0.25) is 0 Å². The van der Waals surface area contributed by atoms with Crippen LogP contribution in [0.15, 0.2) is 36.5 Å². The first-order chi connectivity index (χ1) is 7.33. The van der Waals surface area contributed by atoms with Crippen molar-refractivity contribution < 1.29 is 0 Å². The van der Waals surface area contributed by atoms with Crippen molar-refractivity contribution in [1.29, 1.82) is 5.26 Å². The first-order valence-electron chi connectivity index (χ1n) is 4.88. The third-order valence-corrected chi connectivity index (χ3v) is 2.31. The fourth-order valence-corrected chi connectivity index (χ4v) is 1.41. The highest BCUT2D eigenvalue weighted by atomic mass is 15.3. The molecule has 0 fully saturated rings. The predicted octanol–water partition coefficient (Wildman–Crippen LogP) is 2.31. The van der Waals surface area contributed by atoms with Crippen molar-refractivity contribution in [2.24, 2.45) is 0 Å². The standard InChI is InChI=1S/C12H11N3/c1-2-10-3-5-12(6-4-10)15-8-7-11(9-13)14-15/h3-8H,2H2,1H3. The smallest absolute Gasteiger partial charge is 0.162 e. The lowest BCUT2D eigenvalue weighted by Gasteiger charge is -2.01. The highest BCUT2D eigenvalue weighted by Crippen LogP contribution is 2.09. The monoisotopic (exact) mass is 197 g/mol. The molecule has 1 aromatic carbocycles. The largest absolute Gasteiger partial charge is 0.240 e. The fourth-order valence-electron chi connectivity index (χ4n) is 1.41. The third kappa shape index (κ3) is 1.89. The molecule has 0 aliphatic rings. The summed E-state index contributed by atoms with van der Waals surface area (Å²) in [7, 11) is 0. The normalized spacial score (nSPS) is 9.87. The molecule has 1 heterocycles. The number of hydrogen-bond acceptors (Lipinski definition) is 2. The Labute approximate surface area is 88.6 Å². The Kier molecular flexibility index (Phi) is 2.51. The summed E-state index contributed by atoms with van der Waals surface area (Å²) in [5.41, 5.74) is 2.72. The van der Waals surface area contributed by atoms with Crippen LogP contribution >= 0.6 is 0 Å². The number of rotatable bonds is 2. The first kappa shape index (κ1) is 9.47. The lowest BCUT2D eigenvalue weighted by Crippen LogP contribution is -1.95. The van der Waals surface area contributed by atoms with E-state index in [1.165, 1.54) is 5.56 Å². The lowest BCUT2D eigenvalue weighted by atomic mass is 10.1. The molecule has 0 N–H and O–H groups in total. The number of hydrogen-bond donors (Lipinski definition) is 0. The molecule has 0 saturated heterocycles. The molecule has 0 radical (unpaired) electrons. The summed E-state index contributed by atoms with van der Waals surface area (Å²) < 4.78 is 1.71. The van der Waals surface area contributed by atoms with E-state index in [1.807, 2.05) is 18.2 Å². The highest BCUT2D eigenvalue weighted by Gasteiger charge is 1.99. The first-order valence-corrected chi connectivity index (χ1v) is 4.88. The van der Waals surface area contributed by atoms with Crippen LogP contribution in [-0.4, -0.2) is 9.78 Å². The SMILES string of the molecule is CCc1ccc(-n2ccc(C#N)n2)cc1. The van der Waals surface area contributed by atoms with Gasteiger partial charge < -0.3 is 0 Å². The van der Waals surface area contributed by atoms with Crippen molar-refractivity contribution in [2.45, 2.75) is 13.3 Å². The van der Waals surface area contributed by atoms with Crippen LogP contribution in [0.4, 0.5) is 0 Å². The zero-order chi connectivity index (χ0) is 10.7. The molecule has 2 aromatic rings. The van der Waals surface area contributed by atoms with Gasteiger partial charge >= 0.3 is 0 Å². The molecule has 0 amide bonds. The van der Waals surface area contributed by atoms with E-state index >= 15 is 0 Å². The summed E-state index contributed by atoms with van der Waals surface area (Å²) in [6, 6.07) is 11.9. The van der Waals surface area contributed by atoms with Gasteiger partial charge in [-0.2, -0.15) is 10.4 Å². The molecule has 3 nitrogen and oxygen atoms in total. The van der Waals surface area contributed by atoms with Crippen LogP contribution in [0.2, 0.25) is 0 Å². The summed E-state index contributed by atoms with van der Waals surface area (Å²) in [5.74, 6) is 0. The molecule has 0 atom stereocenters. The molecule has 74 valence electrons. The van der Waals surface area contributed by atoms with Gasteiger partial charge in [0.1, 0.15) is 6.07 Å². The highest BCUT2D eigenvalue weighted by molar-refractivity contribution is 5.35. The molecule has 1 aromatic heterocycles. The summed E-state index contributed by atoms with van der Waals surface area (Å²) in [6.45, 7) is 2.12. The van der Waals surface area contributed by atoms with Crippen molar-refractivity contribution in [2.75, 3.05) is 0 Å². The molecule has 3 heteroatoms. The number of nitrogens with zero attached hydrogens (tertiary/aromatic N) is 3. The molecular weight excluding hydrogens is 186 g/mol. The van der Waals surface area contributed by atoms with Crippen LogP contribution in [0.5, 0.6) is 0 Å². The van der Waals surface area contributed by atoms with Gasteiger partial charge in [-0.25, -0.2) is 4.68 Å². The van der Waals surface area contributed by atoms with Gasteiger partial charge in [0, 0.05) is 6.20 Å². The number of benzene rings is 1. The van der Waals surface area contributed by atoms with Crippen molar-refractivity contribution >= 4 is 0 Å². The van der Waals surface area contributed by atoms with Gasteiger partial charge in [-0.15, -0.1) is 0 Å². The van der Waals surface area contributed by atoms with Crippen LogP contribution < -0.4 is 0 Å². The van der Waals surface area contributed by atoms with Crippen LogP contribution in [0, 0.1) is 11.3 Å². The predicted molar refractivity (Wildman–Crippen MR) is 57.7 cm³/mol. The second kappa shape index (κ2) is 3.97. The van der Waals surface area contributed by atoms with E-state index in [1.54, 1.807) is 16.9 Å². The Morgan fingerprint density at radius 3 is 2.53 bits per heavy atom. The number of aryl methyl sites for hydroxylation is 1. The molecule has 0 aliphatic carbocycles. The second-order valence-electron chi connectivity index (χ2n) is 3.28. The molecular formula is C12H11N3. The van der Waals surface area contributed by atoms with Gasteiger partial charge in [0.15, 0.2) is 5.69 Å². The minimum Gasteiger partial charge on any atom is -0.240 e. The van der Waals surface area contributed by atoms with E-state index in [2.05, 4.69) is 24.2 Å². The van der Waals surface area contributed by atoms with E-state index in [0.29, 0.717) is 5.69 Å². The molecule has 2 rings (SSSR count). The van der Waals surface area contributed by atoms with Crippen LogP contribution in [0.1, 0.15) is 18.2 Å². The summed E-state index contributed by atoms with van der Waals surface area (Å²) >= 11 is 0. The summed E-state index contributed by atoms with van der Waals surface area (Å²) in [6.07, 6.45) is 2.82. The number of nitriles is 1. The number of aromatic nitrogens is 2. The van der Waals surface area contributed by atoms with Gasteiger partial charge in [0.25, 0.3) is 0 Å². The van der Waals surface area contributed by atoms with Crippen LogP contribution in [0.3, 0.4) is 0 Å². The Hall–Kier alpha value is -2.08. The average Bonchev–Trinajstić information content (AvgIpc) is 2.78. The van der Waals surface area contributed by atoms with Gasteiger partial charge in [-0.05, 0) is 30.2 Å². The molecule has 0 spiro atoms.